The largest absolute Gasteiger partial charge is 0.384 e. The zero-order chi connectivity index (χ0) is 13.5. The summed E-state index contributed by atoms with van der Waals surface area (Å²) >= 11 is 1.91. The third kappa shape index (κ3) is 4.27. The molecule has 0 spiro atoms. The summed E-state index contributed by atoms with van der Waals surface area (Å²) in [5, 5.41) is 12.1. The van der Waals surface area contributed by atoms with Crippen LogP contribution in [0.1, 0.15) is 28.8 Å². The predicted molar refractivity (Wildman–Crippen MR) is 76.0 cm³/mol. The molecule has 5 heteroatoms. The molecule has 1 saturated heterocycles. The lowest BCUT2D eigenvalue weighted by atomic mass is 10.2. The van der Waals surface area contributed by atoms with E-state index in [0.29, 0.717) is 22.9 Å². The lowest BCUT2D eigenvalue weighted by Gasteiger charge is -2.10. The fraction of sp³-hybridized carbons (Fsp3) is 0.429. The molecule has 19 heavy (non-hydrogen) atoms. The molecule has 1 atom stereocenters. The van der Waals surface area contributed by atoms with Gasteiger partial charge in [0, 0.05) is 29.8 Å². The van der Waals surface area contributed by atoms with E-state index in [0.717, 1.165) is 0 Å². The van der Waals surface area contributed by atoms with E-state index in [9.17, 15) is 4.79 Å². The maximum atomic E-state index is 12.0. The second kappa shape index (κ2) is 7.17. The third-order valence-electron chi connectivity index (χ3n) is 2.83. The summed E-state index contributed by atoms with van der Waals surface area (Å²) in [6.45, 7) is 0.505. The number of nitrogens with zero attached hydrogens (tertiary/aromatic N) is 1. The van der Waals surface area contributed by atoms with Crippen molar-refractivity contribution in [2.24, 2.45) is 0 Å². The summed E-state index contributed by atoms with van der Waals surface area (Å²) in [4.78, 5) is 16.0. The molecule has 2 N–H and O–H groups in total. The number of aliphatic hydroxyl groups is 1. The van der Waals surface area contributed by atoms with Crippen LogP contribution in [0.5, 0.6) is 0 Å². The Balaban J connectivity index is 1.94. The van der Waals surface area contributed by atoms with E-state index in [1.54, 1.807) is 12.3 Å². The molecular weight excluding hydrogens is 260 g/mol. The molecule has 1 aliphatic heterocycles. The number of nitrogens with one attached hydrogen (secondary N) is 1. The zero-order valence-corrected chi connectivity index (χ0v) is 11.4. The quantitative estimate of drug-likeness (QED) is 0.810. The van der Waals surface area contributed by atoms with Gasteiger partial charge in [-0.2, -0.15) is 11.8 Å². The minimum absolute atomic E-state index is 0.118. The van der Waals surface area contributed by atoms with Gasteiger partial charge in [-0.25, -0.2) is 0 Å². The van der Waals surface area contributed by atoms with Crippen molar-refractivity contribution in [3.8, 4) is 11.8 Å². The number of thioether (sulfide) groups is 1. The molecule has 0 aliphatic carbocycles. The minimum atomic E-state index is -0.199. The van der Waals surface area contributed by atoms with E-state index < -0.39 is 0 Å². The molecule has 2 rings (SSSR count). The van der Waals surface area contributed by atoms with Gasteiger partial charge in [0.05, 0.1) is 5.56 Å². The van der Waals surface area contributed by atoms with Crippen molar-refractivity contribution in [3.63, 3.8) is 0 Å². The fourth-order valence-electron chi connectivity index (χ4n) is 1.89. The number of aliphatic hydroxyl groups excluding tert-OH is 1. The van der Waals surface area contributed by atoms with Gasteiger partial charge in [0.1, 0.15) is 6.61 Å². The molecule has 2 heterocycles. The van der Waals surface area contributed by atoms with Gasteiger partial charge in [-0.1, -0.05) is 11.8 Å². The molecule has 1 fully saturated rings. The Hall–Kier alpha value is -1.51. The second-order valence-corrected chi connectivity index (χ2v) is 5.68. The van der Waals surface area contributed by atoms with Crippen molar-refractivity contribution in [1.82, 2.24) is 10.3 Å². The van der Waals surface area contributed by atoms with Crippen LogP contribution in [0.2, 0.25) is 0 Å². The van der Waals surface area contributed by atoms with Gasteiger partial charge in [-0.15, -0.1) is 0 Å². The molecule has 0 bridgehead atoms. The summed E-state index contributed by atoms with van der Waals surface area (Å²) in [5.41, 5.74) is 1.14. The second-order valence-electron chi connectivity index (χ2n) is 4.27. The topological polar surface area (TPSA) is 62.2 Å². The predicted octanol–water partition coefficient (Wildman–Crippen LogP) is 1.05. The van der Waals surface area contributed by atoms with Crippen molar-refractivity contribution in [2.75, 3.05) is 18.9 Å². The highest BCUT2D eigenvalue weighted by atomic mass is 32.2. The van der Waals surface area contributed by atoms with Gasteiger partial charge < -0.3 is 10.4 Å². The molecule has 1 unspecified atom stereocenters. The molecule has 1 aliphatic rings. The van der Waals surface area contributed by atoms with Crippen molar-refractivity contribution >= 4 is 17.7 Å². The van der Waals surface area contributed by atoms with E-state index in [2.05, 4.69) is 22.1 Å². The lowest BCUT2D eigenvalue weighted by Crippen LogP contribution is -2.29. The smallest absolute Gasteiger partial charge is 0.252 e. The zero-order valence-electron chi connectivity index (χ0n) is 10.6. The van der Waals surface area contributed by atoms with Crippen LogP contribution in [0.25, 0.3) is 0 Å². The Labute approximate surface area is 117 Å². The Kier molecular flexibility index (Phi) is 5.25. The molecule has 1 aromatic rings. The van der Waals surface area contributed by atoms with Gasteiger partial charge in [0.2, 0.25) is 0 Å². The lowest BCUT2D eigenvalue weighted by molar-refractivity contribution is 0.0953. The van der Waals surface area contributed by atoms with Crippen LogP contribution in [0.4, 0.5) is 0 Å². The average Bonchev–Trinajstić information content (AvgIpc) is 2.96. The average molecular weight is 276 g/mol. The number of pyridine rings is 1. The van der Waals surface area contributed by atoms with Gasteiger partial charge in [-0.3, -0.25) is 9.78 Å². The van der Waals surface area contributed by atoms with Gasteiger partial charge in [0.25, 0.3) is 5.91 Å². The van der Waals surface area contributed by atoms with Crippen LogP contribution in [-0.4, -0.2) is 40.2 Å². The first kappa shape index (κ1) is 13.9. The van der Waals surface area contributed by atoms with E-state index in [1.165, 1.54) is 24.8 Å². The Bertz CT molecular complexity index is 502. The summed E-state index contributed by atoms with van der Waals surface area (Å²) in [7, 11) is 0. The first-order valence-corrected chi connectivity index (χ1v) is 7.29. The molecule has 100 valence electrons. The van der Waals surface area contributed by atoms with Gasteiger partial charge >= 0.3 is 0 Å². The van der Waals surface area contributed by atoms with Crippen LogP contribution in [0, 0.1) is 11.8 Å². The minimum Gasteiger partial charge on any atom is -0.384 e. The third-order valence-corrected chi connectivity index (χ3v) is 4.22. The monoisotopic (exact) mass is 276 g/mol. The van der Waals surface area contributed by atoms with Crippen molar-refractivity contribution in [1.29, 1.82) is 0 Å². The molecule has 0 aromatic carbocycles. The van der Waals surface area contributed by atoms with E-state index in [4.69, 9.17) is 5.11 Å². The summed E-state index contributed by atoms with van der Waals surface area (Å²) in [6, 6.07) is 1.69. The van der Waals surface area contributed by atoms with Crippen LogP contribution < -0.4 is 5.32 Å². The Morgan fingerprint density at radius 2 is 2.47 bits per heavy atom. The summed E-state index contributed by atoms with van der Waals surface area (Å²) < 4.78 is 0. The maximum absolute atomic E-state index is 12.0. The molecule has 4 nitrogen and oxygen atoms in total. The van der Waals surface area contributed by atoms with E-state index in [1.807, 2.05) is 11.8 Å². The first-order chi connectivity index (χ1) is 9.29. The SMILES string of the molecule is O=C(NCC1CCCS1)c1cncc(C#CCO)c1. The van der Waals surface area contributed by atoms with Crippen molar-refractivity contribution in [3.05, 3.63) is 29.6 Å². The first-order valence-electron chi connectivity index (χ1n) is 6.24. The van der Waals surface area contributed by atoms with Gasteiger partial charge in [-0.05, 0) is 24.7 Å². The number of hydrogen-bond acceptors (Lipinski definition) is 4. The molecule has 1 amide bonds. The number of amides is 1. The summed E-state index contributed by atoms with van der Waals surface area (Å²) in [5.74, 6) is 6.35. The van der Waals surface area contributed by atoms with Crippen LogP contribution in [0.3, 0.4) is 0 Å². The number of carbonyl (C=O) groups excluding carboxylic acids is 1. The highest BCUT2D eigenvalue weighted by Gasteiger charge is 2.16. The number of aromatic nitrogens is 1. The van der Waals surface area contributed by atoms with Crippen molar-refractivity contribution < 1.29 is 9.90 Å². The Morgan fingerprint density at radius 3 is 3.21 bits per heavy atom. The number of hydrogen-bond donors (Lipinski definition) is 2. The summed E-state index contributed by atoms with van der Waals surface area (Å²) in [6.07, 6.45) is 5.51. The number of carbonyl (C=O) groups is 1. The van der Waals surface area contributed by atoms with Crippen LogP contribution >= 0.6 is 11.8 Å². The highest BCUT2D eigenvalue weighted by Crippen LogP contribution is 2.25. The molecule has 0 radical (unpaired) electrons. The maximum Gasteiger partial charge on any atom is 0.252 e. The highest BCUT2D eigenvalue weighted by molar-refractivity contribution is 8.00. The van der Waals surface area contributed by atoms with E-state index in [-0.39, 0.29) is 12.5 Å². The number of rotatable bonds is 3. The van der Waals surface area contributed by atoms with Crippen LogP contribution in [-0.2, 0) is 0 Å². The fourth-order valence-corrected chi connectivity index (χ4v) is 3.09. The molecular formula is C14H16N2O2S. The Morgan fingerprint density at radius 1 is 1.58 bits per heavy atom. The normalized spacial score (nSPS) is 17.6. The molecule has 0 saturated carbocycles. The van der Waals surface area contributed by atoms with Crippen LogP contribution in [0.15, 0.2) is 18.5 Å². The van der Waals surface area contributed by atoms with E-state index >= 15 is 0 Å². The molecule has 1 aromatic heterocycles. The van der Waals surface area contributed by atoms with Gasteiger partial charge in [0.15, 0.2) is 0 Å². The standard InChI is InChI=1S/C14H16N2O2S/c17-5-1-3-11-7-12(9-15-8-11)14(18)16-10-13-4-2-6-19-13/h7-9,13,17H,2,4-6,10H2,(H,16,18). The van der Waals surface area contributed by atoms with Crippen molar-refractivity contribution in [2.45, 2.75) is 18.1 Å².